The fraction of sp³-hybridized carbons (Fsp3) is 0.353. The Kier molecular flexibility index (Phi) is 2.46. The van der Waals surface area contributed by atoms with Crippen LogP contribution in [0.1, 0.15) is 42.1 Å². The lowest BCUT2D eigenvalue weighted by atomic mass is 9.79. The van der Waals surface area contributed by atoms with Crippen LogP contribution in [0.4, 0.5) is 5.82 Å². The molecular formula is C17H17N3O. The van der Waals surface area contributed by atoms with Crippen molar-refractivity contribution in [3.8, 4) is 0 Å². The van der Waals surface area contributed by atoms with Gasteiger partial charge in [-0.3, -0.25) is 9.78 Å². The van der Waals surface area contributed by atoms with Gasteiger partial charge in [0.15, 0.2) is 0 Å². The summed E-state index contributed by atoms with van der Waals surface area (Å²) in [6, 6.07) is 6.08. The second-order valence-corrected chi connectivity index (χ2v) is 6.32. The molecule has 3 heterocycles. The van der Waals surface area contributed by atoms with E-state index in [1.165, 1.54) is 11.1 Å². The highest BCUT2D eigenvalue weighted by Gasteiger charge is 2.51. The summed E-state index contributed by atoms with van der Waals surface area (Å²) in [7, 11) is 0. The number of anilines is 1. The zero-order chi connectivity index (χ0) is 14.6. The number of nitrogens with one attached hydrogen (secondary N) is 1. The van der Waals surface area contributed by atoms with Gasteiger partial charge in [-0.25, -0.2) is 4.98 Å². The van der Waals surface area contributed by atoms with Crippen LogP contribution in [0.2, 0.25) is 0 Å². The molecule has 1 aliphatic heterocycles. The lowest BCUT2D eigenvalue weighted by molar-refractivity contribution is -0.120. The molecule has 0 bridgehead atoms. The third-order valence-corrected chi connectivity index (χ3v) is 4.67. The Hall–Kier alpha value is -2.23. The number of carbonyl (C=O) groups excluding carboxylic acids is 1. The van der Waals surface area contributed by atoms with Gasteiger partial charge in [-0.05, 0) is 42.0 Å². The van der Waals surface area contributed by atoms with Crippen molar-refractivity contribution in [2.24, 2.45) is 0 Å². The van der Waals surface area contributed by atoms with Gasteiger partial charge >= 0.3 is 0 Å². The number of hydrogen-bond acceptors (Lipinski definition) is 3. The maximum atomic E-state index is 12.6. The minimum absolute atomic E-state index is 0.0681. The third-order valence-electron chi connectivity index (χ3n) is 4.67. The SMILES string of the molecule is CC(C)c1cc2c(cn1)C[C@]1(C2)C(=O)Nc2ncccc21. The first kappa shape index (κ1) is 12.5. The molecule has 0 unspecified atom stereocenters. The molecule has 1 spiro atoms. The van der Waals surface area contributed by atoms with Crippen molar-refractivity contribution >= 4 is 11.7 Å². The molecule has 1 aliphatic carbocycles. The largest absolute Gasteiger partial charge is 0.310 e. The molecule has 0 saturated carbocycles. The van der Waals surface area contributed by atoms with Crippen molar-refractivity contribution in [2.45, 2.75) is 38.0 Å². The van der Waals surface area contributed by atoms with E-state index in [0.29, 0.717) is 11.7 Å². The van der Waals surface area contributed by atoms with E-state index in [0.717, 1.165) is 24.1 Å². The van der Waals surface area contributed by atoms with Gasteiger partial charge in [-0.1, -0.05) is 19.9 Å². The topological polar surface area (TPSA) is 54.9 Å². The molecule has 1 atom stereocenters. The molecule has 4 nitrogen and oxygen atoms in total. The summed E-state index contributed by atoms with van der Waals surface area (Å²) in [5.74, 6) is 1.18. The molecule has 2 aliphatic rings. The monoisotopic (exact) mass is 279 g/mol. The van der Waals surface area contributed by atoms with Crippen molar-refractivity contribution in [1.29, 1.82) is 0 Å². The molecule has 21 heavy (non-hydrogen) atoms. The minimum Gasteiger partial charge on any atom is -0.310 e. The Bertz CT molecular complexity index is 753. The summed E-state index contributed by atoms with van der Waals surface area (Å²) in [4.78, 5) is 21.4. The Morgan fingerprint density at radius 2 is 2.05 bits per heavy atom. The van der Waals surface area contributed by atoms with Gasteiger partial charge in [0.25, 0.3) is 0 Å². The molecule has 0 aromatic carbocycles. The Morgan fingerprint density at radius 1 is 1.24 bits per heavy atom. The number of aromatic nitrogens is 2. The van der Waals surface area contributed by atoms with Crippen LogP contribution in [0.3, 0.4) is 0 Å². The Morgan fingerprint density at radius 3 is 2.86 bits per heavy atom. The highest BCUT2D eigenvalue weighted by Crippen LogP contribution is 2.46. The number of nitrogens with zero attached hydrogens (tertiary/aromatic N) is 2. The van der Waals surface area contributed by atoms with Gasteiger partial charge in [0.05, 0.1) is 5.41 Å². The molecule has 106 valence electrons. The molecule has 2 aromatic rings. The summed E-state index contributed by atoms with van der Waals surface area (Å²) < 4.78 is 0. The predicted molar refractivity (Wildman–Crippen MR) is 80.3 cm³/mol. The average molecular weight is 279 g/mol. The first-order valence-electron chi connectivity index (χ1n) is 7.35. The summed E-state index contributed by atoms with van der Waals surface area (Å²) in [5.41, 5.74) is 4.07. The highest BCUT2D eigenvalue weighted by atomic mass is 16.2. The van der Waals surface area contributed by atoms with Gasteiger partial charge in [-0.2, -0.15) is 0 Å². The fourth-order valence-corrected chi connectivity index (χ4v) is 3.49. The van der Waals surface area contributed by atoms with Crippen molar-refractivity contribution in [3.63, 3.8) is 0 Å². The number of amides is 1. The highest BCUT2D eigenvalue weighted by molar-refractivity contribution is 6.06. The van der Waals surface area contributed by atoms with E-state index < -0.39 is 5.41 Å². The summed E-state index contributed by atoms with van der Waals surface area (Å²) >= 11 is 0. The van der Waals surface area contributed by atoms with Crippen LogP contribution in [-0.4, -0.2) is 15.9 Å². The van der Waals surface area contributed by atoms with Crippen molar-refractivity contribution in [2.75, 3.05) is 5.32 Å². The number of fused-ring (bicyclic) bond motifs is 3. The number of hydrogen-bond donors (Lipinski definition) is 1. The molecule has 2 aromatic heterocycles. The van der Waals surface area contributed by atoms with E-state index in [2.05, 4.69) is 35.2 Å². The number of carbonyl (C=O) groups is 1. The van der Waals surface area contributed by atoms with Crippen LogP contribution in [0, 0.1) is 0 Å². The lowest BCUT2D eigenvalue weighted by Gasteiger charge is -2.20. The molecular weight excluding hydrogens is 262 g/mol. The first-order valence-corrected chi connectivity index (χ1v) is 7.35. The second kappa shape index (κ2) is 4.13. The quantitative estimate of drug-likeness (QED) is 0.873. The third kappa shape index (κ3) is 1.65. The Labute approximate surface area is 123 Å². The van der Waals surface area contributed by atoms with E-state index in [1.807, 2.05) is 18.3 Å². The van der Waals surface area contributed by atoms with Gasteiger partial charge in [0, 0.05) is 23.7 Å². The van der Waals surface area contributed by atoms with Crippen LogP contribution in [0.5, 0.6) is 0 Å². The van der Waals surface area contributed by atoms with Crippen molar-refractivity contribution < 1.29 is 4.79 Å². The number of rotatable bonds is 1. The smallest absolute Gasteiger partial charge is 0.237 e. The molecule has 0 fully saturated rings. The van der Waals surface area contributed by atoms with Crippen LogP contribution in [-0.2, 0) is 23.1 Å². The van der Waals surface area contributed by atoms with Crippen molar-refractivity contribution in [3.05, 3.63) is 53.0 Å². The van der Waals surface area contributed by atoms with E-state index in [9.17, 15) is 4.79 Å². The van der Waals surface area contributed by atoms with Gasteiger partial charge in [-0.15, -0.1) is 0 Å². The first-order chi connectivity index (χ1) is 10.1. The maximum Gasteiger partial charge on any atom is 0.237 e. The summed E-state index contributed by atoms with van der Waals surface area (Å²) in [6.45, 7) is 4.28. The minimum atomic E-state index is -0.483. The lowest BCUT2D eigenvalue weighted by Crippen LogP contribution is -2.35. The maximum absolute atomic E-state index is 12.6. The van der Waals surface area contributed by atoms with Crippen LogP contribution in [0.15, 0.2) is 30.6 Å². The van der Waals surface area contributed by atoms with E-state index in [4.69, 9.17) is 0 Å². The average Bonchev–Trinajstić information content (AvgIpc) is 2.98. The van der Waals surface area contributed by atoms with E-state index >= 15 is 0 Å². The Balaban J connectivity index is 1.81. The number of pyridine rings is 2. The molecule has 0 radical (unpaired) electrons. The molecule has 1 amide bonds. The fourth-order valence-electron chi connectivity index (χ4n) is 3.49. The molecule has 4 heteroatoms. The van der Waals surface area contributed by atoms with E-state index in [-0.39, 0.29) is 5.91 Å². The molecule has 4 rings (SSSR count). The van der Waals surface area contributed by atoms with Crippen molar-refractivity contribution in [1.82, 2.24) is 9.97 Å². The summed E-state index contributed by atoms with van der Waals surface area (Å²) in [5, 5.41) is 2.93. The summed E-state index contributed by atoms with van der Waals surface area (Å²) in [6.07, 6.45) is 5.13. The van der Waals surface area contributed by atoms with Gasteiger partial charge in [0.1, 0.15) is 5.82 Å². The molecule has 0 saturated heterocycles. The van der Waals surface area contributed by atoms with E-state index in [1.54, 1.807) is 6.20 Å². The standard InChI is InChI=1S/C17H17N3O/c1-10(2)14-6-11-7-17(8-12(11)9-19-14)13-4-3-5-18-15(13)20-16(17)21/h3-6,9-10H,7-8H2,1-2H3,(H,18,20,21)/t17-/m0/s1. The van der Waals surface area contributed by atoms with Crippen LogP contribution in [0.25, 0.3) is 0 Å². The zero-order valence-electron chi connectivity index (χ0n) is 12.2. The van der Waals surface area contributed by atoms with Gasteiger partial charge in [0.2, 0.25) is 5.91 Å². The second-order valence-electron chi connectivity index (χ2n) is 6.32. The van der Waals surface area contributed by atoms with Gasteiger partial charge < -0.3 is 5.32 Å². The zero-order valence-corrected chi connectivity index (χ0v) is 12.2. The molecule has 1 N–H and O–H groups in total. The normalized spacial score (nSPS) is 22.5. The van der Waals surface area contributed by atoms with Crippen LogP contribution >= 0.6 is 0 Å². The van der Waals surface area contributed by atoms with Crippen LogP contribution < -0.4 is 5.32 Å². The predicted octanol–water partition coefficient (Wildman–Crippen LogP) is 2.59.